The first-order valence-electron chi connectivity index (χ1n) is 7.70. The van der Waals surface area contributed by atoms with Gasteiger partial charge in [0.05, 0.1) is 19.0 Å². The Kier molecular flexibility index (Phi) is 5.38. The van der Waals surface area contributed by atoms with Crippen LogP contribution in [0.25, 0.3) is 0 Å². The van der Waals surface area contributed by atoms with Crippen LogP contribution in [0.5, 0.6) is 0 Å². The summed E-state index contributed by atoms with van der Waals surface area (Å²) in [7, 11) is -0.130. The van der Waals surface area contributed by atoms with Gasteiger partial charge in [-0.15, -0.1) is 0 Å². The van der Waals surface area contributed by atoms with Gasteiger partial charge >= 0.3 is 0 Å². The van der Waals surface area contributed by atoms with Crippen molar-refractivity contribution in [3.05, 3.63) is 58.7 Å². The fourth-order valence-corrected chi connectivity index (χ4v) is 7.47. The Bertz CT molecular complexity index is 534. The Hall–Kier alpha value is -1.13. The molecule has 0 nitrogen and oxygen atoms in total. The maximum Gasteiger partial charge on any atom is 0.0548 e. The molecular weight excluding hydrogens is 272 g/mol. The quantitative estimate of drug-likeness (QED) is 0.585. The molecule has 20 heavy (non-hydrogen) atoms. The van der Waals surface area contributed by atoms with Gasteiger partial charge in [-0.3, -0.25) is 0 Å². The standard InChI is InChI=1S/C18H26Si2/c1-13-7-5-9-17(15(13)3)19-11-12-20-18-10-6-8-14(2)16(18)4/h5-10H,11-12,19-20H2,1-4H3. The van der Waals surface area contributed by atoms with Crippen LogP contribution in [-0.4, -0.2) is 19.0 Å². The van der Waals surface area contributed by atoms with Crippen LogP contribution in [-0.2, 0) is 0 Å². The normalized spacial score (nSPS) is 12.0. The molecule has 0 fully saturated rings. The number of hydrogen-bond donors (Lipinski definition) is 0. The maximum absolute atomic E-state index is 2.36. The molecule has 0 aliphatic carbocycles. The highest BCUT2D eigenvalue weighted by atomic mass is 28.2. The van der Waals surface area contributed by atoms with Crippen LogP contribution >= 0.6 is 0 Å². The van der Waals surface area contributed by atoms with E-state index < -0.39 is 0 Å². The van der Waals surface area contributed by atoms with Crippen molar-refractivity contribution in [2.24, 2.45) is 0 Å². The summed E-state index contributed by atoms with van der Waals surface area (Å²) in [4.78, 5) is 0. The van der Waals surface area contributed by atoms with Gasteiger partial charge in [-0.25, -0.2) is 0 Å². The summed E-state index contributed by atoms with van der Waals surface area (Å²) in [5, 5.41) is 3.36. The van der Waals surface area contributed by atoms with Crippen molar-refractivity contribution in [2.45, 2.75) is 39.8 Å². The Balaban J connectivity index is 1.88. The van der Waals surface area contributed by atoms with Gasteiger partial charge < -0.3 is 0 Å². The fraction of sp³-hybridized carbons (Fsp3) is 0.333. The summed E-state index contributed by atoms with van der Waals surface area (Å²) in [6.07, 6.45) is 0. The topological polar surface area (TPSA) is 0 Å². The van der Waals surface area contributed by atoms with Gasteiger partial charge in [0, 0.05) is 0 Å². The maximum atomic E-state index is 2.36. The van der Waals surface area contributed by atoms with Crippen LogP contribution in [0.2, 0.25) is 12.1 Å². The first-order chi connectivity index (χ1) is 9.59. The van der Waals surface area contributed by atoms with E-state index in [-0.39, 0.29) is 19.0 Å². The number of benzene rings is 2. The molecule has 0 aliphatic heterocycles. The number of aryl methyl sites for hydroxylation is 2. The molecule has 0 atom stereocenters. The average Bonchev–Trinajstić information content (AvgIpc) is 2.43. The molecule has 0 bridgehead atoms. The minimum Gasteiger partial charge on any atom is -0.0638 e. The van der Waals surface area contributed by atoms with Crippen molar-refractivity contribution in [1.29, 1.82) is 0 Å². The molecule has 2 aromatic rings. The van der Waals surface area contributed by atoms with Crippen LogP contribution in [0.1, 0.15) is 22.3 Å². The second-order valence-corrected chi connectivity index (χ2v) is 9.86. The van der Waals surface area contributed by atoms with Gasteiger partial charge in [0.25, 0.3) is 0 Å². The molecule has 0 amide bonds. The molecule has 2 rings (SSSR count). The molecule has 106 valence electrons. The van der Waals surface area contributed by atoms with Crippen molar-refractivity contribution < 1.29 is 0 Å². The molecule has 2 heteroatoms. The monoisotopic (exact) mass is 298 g/mol. The first-order valence-corrected chi connectivity index (χ1v) is 11.1. The molecule has 0 saturated carbocycles. The summed E-state index contributed by atoms with van der Waals surface area (Å²) in [6.45, 7) is 9.05. The highest BCUT2D eigenvalue weighted by Gasteiger charge is 2.03. The van der Waals surface area contributed by atoms with Crippen LogP contribution in [0.15, 0.2) is 36.4 Å². The SMILES string of the molecule is Cc1cccc([SiH2]CC[SiH2]c2cccc(C)c2C)c1C. The lowest BCUT2D eigenvalue weighted by Gasteiger charge is -2.09. The number of rotatable bonds is 5. The second-order valence-electron chi connectivity index (χ2n) is 5.93. The van der Waals surface area contributed by atoms with Crippen LogP contribution < -0.4 is 10.4 Å². The molecule has 0 N–H and O–H groups in total. The Morgan fingerprint density at radius 1 is 0.650 bits per heavy atom. The lowest BCUT2D eigenvalue weighted by atomic mass is 10.1. The van der Waals surface area contributed by atoms with Gasteiger partial charge in [0.15, 0.2) is 0 Å². The third-order valence-corrected chi connectivity index (χ3v) is 9.89. The van der Waals surface area contributed by atoms with Crippen LogP contribution in [0, 0.1) is 27.7 Å². The Labute approximate surface area is 128 Å². The van der Waals surface area contributed by atoms with E-state index in [4.69, 9.17) is 0 Å². The first kappa shape index (κ1) is 15.3. The van der Waals surface area contributed by atoms with E-state index in [2.05, 4.69) is 64.1 Å². The second kappa shape index (κ2) is 7.05. The molecule has 0 aromatic heterocycles. The lowest BCUT2D eigenvalue weighted by molar-refractivity contribution is 1.35. The molecule has 0 aliphatic rings. The van der Waals surface area contributed by atoms with E-state index in [1.54, 1.807) is 21.5 Å². The fourth-order valence-electron chi connectivity index (χ4n) is 2.80. The lowest BCUT2D eigenvalue weighted by Crippen LogP contribution is -2.22. The van der Waals surface area contributed by atoms with Gasteiger partial charge in [0.1, 0.15) is 0 Å². The zero-order valence-corrected chi connectivity index (χ0v) is 16.1. The van der Waals surface area contributed by atoms with Gasteiger partial charge in [-0.1, -0.05) is 58.9 Å². The minimum absolute atomic E-state index is 0.0649. The predicted molar refractivity (Wildman–Crippen MR) is 97.8 cm³/mol. The van der Waals surface area contributed by atoms with E-state index in [0.29, 0.717) is 0 Å². The Morgan fingerprint density at radius 2 is 1.05 bits per heavy atom. The third kappa shape index (κ3) is 3.71. The molecule has 0 saturated heterocycles. The van der Waals surface area contributed by atoms with E-state index >= 15 is 0 Å². The third-order valence-electron chi connectivity index (χ3n) is 4.58. The number of hydrogen-bond acceptors (Lipinski definition) is 0. The van der Waals surface area contributed by atoms with Crippen molar-refractivity contribution in [1.82, 2.24) is 0 Å². The smallest absolute Gasteiger partial charge is 0.0548 e. The zero-order chi connectivity index (χ0) is 14.5. The predicted octanol–water partition coefficient (Wildman–Crippen LogP) is 2.05. The highest BCUT2D eigenvalue weighted by Crippen LogP contribution is 2.05. The summed E-state index contributed by atoms with van der Waals surface area (Å²) in [6, 6.07) is 16.6. The highest BCUT2D eigenvalue weighted by molar-refractivity contribution is 6.59. The average molecular weight is 299 g/mol. The van der Waals surface area contributed by atoms with Crippen molar-refractivity contribution in [3.8, 4) is 0 Å². The van der Waals surface area contributed by atoms with Crippen molar-refractivity contribution in [3.63, 3.8) is 0 Å². The van der Waals surface area contributed by atoms with Crippen molar-refractivity contribution in [2.75, 3.05) is 0 Å². The van der Waals surface area contributed by atoms with Gasteiger partial charge in [-0.05, 0) is 49.9 Å². The van der Waals surface area contributed by atoms with E-state index in [1.807, 2.05) is 0 Å². The van der Waals surface area contributed by atoms with Crippen molar-refractivity contribution >= 4 is 29.4 Å². The molecule has 0 heterocycles. The molecular formula is C18H26Si2. The molecule has 0 unspecified atom stereocenters. The van der Waals surface area contributed by atoms with E-state index in [0.717, 1.165) is 0 Å². The summed E-state index contributed by atoms with van der Waals surface area (Å²) in [5.41, 5.74) is 6.02. The van der Waals surface area contributed by atoms with E-state index in [1.165, 1.54) is 23.2 Å². The molecule has 0 spiro atoms. The van der Waals surface area contributed by atoms with Crippen LogP contribution in [0.3, 0.4) is 0 Å². The van der Waals surface area contributed by atoms with Gasteiger partial charge in [-0.2, -0.15) is 0 Å². The molecule has 0 radical (unpaired) electrons. The molecule has 2 aromatic carbocycles. The minimum atomic E-state index is -0.0649. The Morgan fingerprint density at radius 3 is 1.45 bits per heavy atom. The summed E-state index contributed by atoms with van der Waals surface area (Å²) in [5.74, 6) is 0. The van der Waals surface area contributed by atoms with Gasteiger partial charge in [0.2, 0.25) is 0 Å². The summed E-state index contributed by atoms with van der Waals surface area (Å²) < 4.78 is 0. The largest absolute Gasteiger partial charge is 0.0638 e. The summed E-state index contributed by atoms with van der Waals surface area (Å²) >= 11 is 0. The zero-order valence-electron chi connectivity index (χ0n) is 13.3. The van der Waals surface area contributed by atoms with E-state index in [9.17, 15) is 0 Å². The van der Waals surface area contributed by atoms with Crippen LogP contribution in [0.4, 0.5) is 0 Å².